The number of aliphatic hydroxyl groups excluding tert-OH is 1. The molecule has 0 spiro atoms. The predicted octanol–water partition coefficient (Wildman–Crippen LogP) is 2.38. The summed E-state index contributed by atoms with van der Waals surface area (Å²) in [6, 6.07) is 2.64. The summed E-state index contributed by atoms with van der Waals surface area (Å²) in [5, 5.41) is 9.89. The Morgan fingerprint density at radius 3 is 2.30 bits per heavy atom. The standard InChI is InChI=1S/C12H16Br2N2O3S/c13-8-5-7(15)6-9(14)12(8)20(18,19)16-10-3-1-2-4-11(10)17/h5-6,10-11,16-17H,1-4,15H2/t10-,11-/m1/s1. The lowest BCUT2D eigenvalue weighted by atomic mass is 9.93. The van der Waals surface area contributed by atoms with E-state index in [1.54, 1.807) is 0 Å². The molecule has 0 heterocycles. The Morgan fingerprint density at radius 1 is 1.20 bits per heavy atom. The Bertz CT molecular complexity index is 584. The zero-order valence-electron chi connectivity index (χ0n) is 10.6. The normalized spacial score (nSPS) is 23.8. The van der Waals surface area contributed by atoms with Gasteiger partial charge in [-0.3, -0.25) is 0 Å². The van der Waals surface area contributed by atoms with Crippen molar-refractivity contribution >= 4 is 47.6 Å². The molecule has 0 bridgehead atoms. The van der Waals surface area contributed by atoms with Gasteiger partial charge in [0, 0.05) is 20.7 Å². The topological polar surface area (TPSA) is 92.4 Å². The third-order valence-electron chi connectivity index (χ3n) is 3.33. The van der Waals surface area contributed by atoms with Crippen LogP contribution in [0.4, 0.5) is 5.69 Å². The second-order valence-electron chi connectivity index (χ2n) is 4.89. The quantitative estimate of drug-likeness (QED) is 0.645. The van der Waals surface area contributed by atoms with Gasteiger partial charge in [0.2, 0.25) is 10.0 Å². The number of nitrogens with two attached hydrogens (primary N) is 1. The van der Waals surface area contributed by atoms with Crippen LogP contribution in [0.25, 0.3) is 0 Å². The summed E-state index contributed by atoms with van der Waals surface area (Å²) in [6.07, 6.45) is 2.47. The lowest BCUT2D eigenvalue weighted by Gasteiger charge is -2.28. The van der Waals surface area contributed by atoms with Crippen LogP contribution in [0, 0.1) is 0 Å². The molecular formula is C12H16Br2N2O3S. The Hall–Kier alpha value is -0.150. The van der Waals surface area contributed by atoms with Crippen molar-refractivity contribution in [3.63, 3.8) is 0 Å². The maximum Gasteiger partial charge on any atom is 0.243 e. The number of nitrogen functional groups attached to an aromatic ring is 1. The number of hydrogen-bond donors (Lipinski definition) is 3. The van der Waals surface area contributed by atoms with Crippen LogP contribution in [0.3, 0.4) is 0 Å². The van der Waals surface area contributed by atoms with Gasteiger partial charge in [-0.25, -0.2) is 13.1 Å². The fourth-order valence-corrected chi connectivity index (χ4v) is 6.27. The van der Waals surface area contributed by atoms with Gasteiger partial charge in [-0.2, -0.15) is 0 Å². The number of benzene rings is 1. The molecule has 4 N–H and O–H groups in total. The zero-order chi connectivity index (χ0) is 14.9. The molecule has 2 atom stereocenters. The maximum absolute atomic E-state index is 12.5. The number of anilines is 1. The fraction of sp³-hybridized carbons (Fsp3) is 0.500. The minimum atomic E-state index is -3.73. The molecule has 1 aliphatic rings. The van der Waals surface area contributed by atoms with E-state index in [-0.39, 0.29) is 4.90 Å². The monoisotopic (exact) mass is 426 g/mol. The summed E-state index contributed by atoms with van der Waals surface area (Å²) in [4.78, 5) is 0.101. The molecule has 1 aromatic carbocycles. The third-order valence-corrected chi connectivity index (χ3v) is 6.69. The van der Waals surface area contributed by atoms with Gasteiger partial charge in [0.1, 0.15) is 4.90 Å². The lowest BCUT2D eigenvalue weighted by molar-refractivity contribution is 0.101. The largest absolute Gasteiger partial charge is 0.399 e. The lowest BCUT2D eigenvalue weighted by Crippen LogP contribution is -2.45. The number of halogens is 2. The zero-order valence-corrected chi connectivity index (χ0v) is 14.6. The van der Waals surface area contributed by atoms with Crippen LogP contribution in [0.15, 0.2) is 26.0 Å². The SMILES string of the molecule is Nc1cc(Br)c(S(=O)(=O)N[C@@H]2CCCC[C@H]2O)c(Br)c1. The van der Waals surface area contributed by atoms with E-state index in [9.17, 15) is 13.5 Å². The number of sulfonamides is 1. The van der Waals surface area contributed by atoms with Crippen LogP contribution in [0.5, 0.6) is 0 Å². The van der Waals surface area contributed by atoms with Gasteiger partial charge in [-0.1, -0.05) is 12.8 Å². The molecule has 1 aromatic rings. The first-order valence-electron chi connectivity index (χ1n) is 6.26. The molecule has 8 heteroatoms. The maximum atomic E-state index is 12.5. The van der Waals surface area contributed by atoms with E-state index in [2.05, 4.69) is 36.6 Å². The van der Waals surface area contributed by atoms with Crippen LogP contribution in [-0.2, 0) is 10.0 Å². The molecule has 1 fully saturated rings. The summed E-state index contributed by atoms with van der Waals surface area (Å²) in [5.74, 6) is 0. The average Bonchev–Trinajstić information content (AvgIpc) is 2.30. The summed E-state index contributed by atoms with van der Waals surface area (Å²) in [6.45, 7) is 0. The van der Waals surface area contributed by atoms with Crippen LogP contribution in [0.2, 0.25) is 0 Å². The molecule has 1 aliphatic carbocycles. The molecule has 0 saturated heterocycles. The van der Waals surface area contributed by atoms with Crippen molar-refractivity contribution in [1.29, 1.82) is 0 Å². The van der Waals surface area contributed by atoms with Crippen molar-refractivity contribution < 1.29 is 13.5 Å². The highest BCUT2D eigenvalue weighted by atomic mass is 79.9. The van der Waals surface area contributed by atoms with Gasteiger partial charge < -0.3 is 10.8 Å². The highest BCUT2D eigenvalue weighted by Gasteiger charge is 2.30. The van der Waals surface area contributed by atoms with E-state index in [1.165, 1.54) is 12.1 Å². The molecule has 112 valence electrons. The number of aliphatic hydroxyl groups is 1. The first-order chi connectivity index (χ1) is 9.31. The van der Waals surface area contributed by atoms with Gasteiger partial charge in [0.05, 0.1) is 6.10 Å². The first-order valence-corrected chi connectivity index (χ1v) is 9.33. The highest BCUT2D eigenvalue weighted by molar-refractivity contribution is 9.11. The van der Waals surface area contributed by atoms with Crippen LogP contribution >= 0.6 is 31.9 Å². The summed E-state index contributed by atoms with van der Waals surface area (Å²) in [5.41, 5.74) is 6.12. The second-order valence-corrected chi connectivity index (χ2v) is 8.25. The van der Waals surface area contributed by atoms with E-state index in [0.29, 0.717) is 27.5 Å². The van der Waals surface area contributed by atoms with E-state index in [0.717, 1.165) is 12.8 Å². The number of hydrogen-bond acceptors (Lipinski definition) is 4. The van der Waals surface area contributed by atoms with Gasteiger partial charge in [0.15, 0.2) is 0 Å². The minimum absolute atomic E-state index is 0.101. The van der Waals surface area contributed by atoms with Crippen molar-refractivity contribution in [3.8, 4) is 0 Å². The van der Waals surface area contributed by atoms with Crippen molar-refractivity contribution in [2.75, 3.05) is 5.73 Å². The number of rotatable bonds is 3. The molecule has 0 amide bonds. The van der Waals surface area contributed by atoms with Crippen LogP contribution in [0.1, 0.15) is 25.7 Å². The van der Waals surface area contributed by atoms with Crippen LogP contribution in [-0.4, -0.2) is 25.7 Å². The van der Waals surface area contributed by atoms with E-state index < -0.39 is 22.2 Å². The second kappa shape index (κ2) is 6.31. The Kier molecular flexibility index (Phi) is 5.12. The molecule has 2 rings (SSSR count). The van der Waals surface area contributed by atoms with Gasteiger partial charge >= 0.3 is 0 Å². The average molecular weight is 428 g/mol. The molecule has 5 nitrogen and oxygen atoms in total. The van der Waals surface area contributed by atoms with Gasteiger partial charge in [-0.15, -0.1) is 0 Å². The minimum Gasteiger partial charge on any atom is -0.399 e. The van der Waals surface area contributed by atoms with Crippen LogP contribution < -0.4 is 10.5 Å². The molecule has 0 unspecified atom stereocenters. The molecule has 0 aliphatic heterocycles. The summed E-state index contributed by atoms with van der Waals surface area (Å²) < 4.78 is 28.3. The summed E-state index contributed by atoms with van der Waals surface area (Å²) in [7, 11) is -3.73. The molecule has 1 saturated carbocycles. The molecule has 0 aromatic heterocycles. The summed E-state index contributed by atoms with van der Waals surface area (Å²) >= 11 is 6.44. The first kappa shape index (κ1) is 16.2. The molecular weight excluding hydrogens is 412 g/mol. The van der Waals surface area contributed by atoms with Crippen molar-refractivity contribution in [3.05, 3.63) is 21.1 Å². The van der Waals surface area contributed by atoms with Gasteiger partial charge in [0.25, 0.3) is 0 Å². The third kappa shape index (κ3) is 3.54. The molecule has 20 heavy (non-hydrogen) atoms. The van der Waals surface area contributed by atoms with Crippen molar-refractivity contribution in [2.24, 2.45) is 0 Å². The van der Waals surface area contributed by atoms with E-state index >= 15 is 0 Å². The highest BCUT2D eigenvalue weighted by Crippen LogP contribution is 2.33. The smallest absolute Gasteiger partial charge is 0.243 e. The Morgan fingerprint density at radius 2 is 1.75 bits per heavy atom. The number of nitrogens with one attached hydrogen (secondary N) is 1. The van der Waals surface area contributed by atoms with Gasteiger partial charge in [-0.05, 0) is 56.8 Å². The Balaban J connectivity index is 2.31. The van der Waals surface area contributed by atoms with E-state index in [1.807, 2.05) is 0 Å². The molecule has 0 radical (unpaired) electrons. The Labute approximate surface area is 135 Å². The van der Waals surface area contributed by atoms with Crippen molar-refractivity contribution in [1.82, 2.24) is 4.72 Å². The van der Waals surface area contributed by atoms with Crippen molar-refractivity contribution in [2.45, 2.75) is 42.7 Å². The van der Waals surface area contributed by atoms with E-state index in [4.69, 9.17) is 5.73 Å². The fourth-order valence-electron chi connectivity index (χ4n) is 2.34. The predicted molar refractivity (Wildman–Crippen MR) is 84.8 cm³/mol.